The lowest BCUT2D eigenvalue weighted by atomic mass is 9.94. The van der Waals surface area contributed by atoms with Gasteiger partial charge in [0.1, 0.15) is 0 Å². The van der Waals surface area contributed by atoms with E-state index in [-0.39, 0.29) is 22.1 Å². The number of alkyl halides is 3. The number of nitrogens with one attached hydrogen (secondary N) is 1. The van der Waals surface area contributed by atoms with Crippen molar-refractivity contribution >= 4 is 0 Å². The van der Waals surface area contributed by atoms with E-state index in [1.165, 1.54) is 18.2 Å². The predicted molar refractivity (Wildman–Crippen MR) is 124 cm³/mol. The van der Waals surface area contributed by atoms with E-state index in [1.807, 2.05) is 0 Å². The molecule has 1 saturated heterocycles. The molecule has 1 aliphatic carbocycles. The van der Waals surface area contributed by atoms with Gasteiger partial charge in [0.05, 0.1) is 16.7 Å². The Morgan fingerprint density at radius 3 is 2.43 bits per heavy atom. The van der Waals surface area contributed by atoms with Gasteiger partial charge in [0.2, 0.25) is 0 Å². The highest BCUT2D eigenvalue weighted by atomic mass is 19.4. The number of hydrogen-bond donors (Lipinski definition) is 1. The zero-order valence-electron chi connectivity index (χ0n) is 18.9. The minimum Gasteiger partial charge on any atom is -0.315 e. The number of likely N-dealkylation sites (tertiary alicyclic amines) is 1. The molecule has 5 rings (SSSR count). The second-order valence-electron chi connectivity index (χ2n) is 9.54. The van der Waals surface area contributed by atoms with Crippen LogP contribution in [-0.4, -0.2) is 34.1 Å². The maximum Gasteiger partial charge on any atom is 0.416 e. The van der Waals surface area contributed by atoms with Crippen LogP contribution in [0.3, 0.4) is 0 Å². The Balaban J connectivity index is 1.16. The fraction of sp³-hybridized carbons (Fsp3) is 0.385. The van der Waals surface area contributed by atoms with Crippen molar-refractivity contribution in [1.29, 1.82) is 0 Å². The summed E-state index contributed by atoms with van der Waals surface area (Å²) in [5, 5.41) is 0. The molecule has 9 heteroatoms. The lowest BCUT2D eigenvalue weighted by Gasteiger charge is -2.21. The summed E-state index contributed by atoms with van der Waals surface area (Å²) < 4.78 is 53.4. The molecule has 35 heavy (non-hydrogen) atoms. The number of nitrogens with zero attached hydrogens (tertiary/aromatic N) is 2. The van der Waals surface area contributed by atoms with Gasteiger partial charge in [-0.2, -0.15) is 17.6 Å². The summed E-state index contributed by atoms with van der Waals surface area (Å²) in [4.78, 5) is 29.3. The summed E-state index contributed by atoms with van der Waals surface area (Å²) in [7, 11) is 0. The largest absolute Gasteiger partial charge is 0.416 e. The molecule has 3 heterocycles. The number of aromatic amines is 1. The number of pyridine rings is 2. The molecule has 2 aliphatic rings. The molecule has 3 aromatic rings. The Bertz CT molecular complexity index is 1350. The lowest BCUT2D eigenvalue weighted by Crippen LogP contribution is -2.28. The lowest BCUT2D eigenvalue weighted by molar-refractivity contribution is -0.137. The molecule has 0 radical (unpaired) electrons. The summed E-state index contributed by atoms with van der Waals surface area (Å²) in [5.41, 5.74) is -0.243. The first-order valence-corrected chi connectivity index (χ1v) is 11.7. The van der Waals surface area contributed by atoms with Crippen molar-refractivity contribution in [3.05, 3.63) is 92.5 Å². The molecule has 2 atom stereocenters. The zero-order valence-corrected chi connectivity index (χ0v) is 18.9. The number of benzene rings is 1. The molecule has 1 saturated carbocycles. The van der Waals surface area contributed by atoms with Crippen LogP contribution < -0.4 is 11.1 Å². The van der Waals surface area contributed by atoms with Crippen molar-refractivity contribution in [2.24, 2.45) is 5.92 Å². The number of aryl methyl sites for hydroxylation is 1. The minimum absolute atomic E-state index is 0.0301. The molecule has 5 nitrogen and oxygen atoms in total. The predicted octanol–water partition coefficient (Wildman–Crippen LogP) is 4.42. The Morgan fingerprint density at radius 2 is 1.71 bits per heavy atom. The molecule has 184 valence electrons. The number of piperidine rings is 1. The van der Waals surface area contributed by atoms with Gasteiger partial charge in [0.25, 0.3) is 11.1 Å². The Morgan fingerprint density at radius 1 is 0.971 bits per heavy atom. The van der Waals surface area contributed by atoms with Gasteiger partial charge in [0, 0.05) is 31.2 Å². The highest BCUT2D eigenvalue weighted by molar-refractivity contribution is 5.60. The highest BCUT2D eigenvalue weighted by Crippen LogP contribution is 2.59. The molecule has 1 aliphatic heterocycles. The van der Waals surface area contributed by atoms with Crippen molar-refractivity contribution in [3.8, 4) is 11.1 Å². The molecule has 2 fully saturated rings. The van der Waals surface area contributed by atoms with Crippen LogP contribution in [0.1, 0.15) is 30.4 Å². The summed E-state index contributed by atoms with van der Waals surface area (Å²) >= 11 is 0. The van der Waals surface area contributed by atoms with Gasteiger partial charge >= 0.3 is 6.18 Å². The molecular formula is C26H25F4N3O2. The molecule has 0 amide bonds. The van der Waals surface area contributed by atoms with Gasteiger partial charge in [-0.25, -0.2) is 0 Å². The first-order chi connectivity index (χ1) is 16.7. The topological polar surface area (TPSA) is 58.1 Å². The van der Waals surface area contributed by atoms with E-state index in [0.717, 1.165) is 50.5 Å². The minimum atomic E-state index is -4.32. The van der Waals surface area contributed by atoms with Crippen molar-refractivity contribution in [2.75, 3.05) is 19.6 Å². The third-order valence-corrected chi connectivity index (χ3v) is 7.31. The molecule has 1 aromatic carbocycles. The summed E-state index contributed by atoms with van der Waals surface area (Å²) in [6.07, 6.45) is -0.00791. The van der Waals surface area contributed by atoms with E-state index in [9.17, 15) is 27.2 Å². The molecule has 1 unspecified atom stereocenters. The van der Waals surface area contributed by atoms with E-state index >= 15 is 0 Å². The fourth-order valence-electron chi connectivity index (χ4n) is 5.39. The number of fused-ring (bicyclic) bond motifs is 1. The number of halogens is 4. The van der Waals surface area contributed by atoms with Gasteiger partial charge in [-0.15, -0.1) is 0 Å². The number of H-pyrrole nitrogens is 1. The van der Waals surface area contributed by atoms with E-state index in [0.29, 0.717) is 12.5 Å². The van der Waals surface area contributed by atoms with Gasteiger partial charge in [-0.1, -0.05) is 12.1 Å². The van der Waals surface area contributed by atoms with E-state index in [2.05, 4.69) is 9.88 Å². The quantitative estimate of drug-likeness (QED) is 0.305. The van der Waals surface area contributed by atoms with Gasteiger partial charge < -0.3 is 9.47 Å². The number of unbranched alkanes of at least 4 members (excludes halogenated alkanes) is 1. The van der Waals surface area contributed by atoms with Crippen molar-refractivity contribution in [2.45, 2.75) is 37.4 Å². The summed E-state index contributed by atoms with van der Waals surface area (Å²) in [6.45, 7) is 3.12. The molecular weight excluding hydrogens is 462 g/mol. The Hall–Kier alpha value is -3.20. The van der Waals surface area contributed by atoms with Crippen LogP contribution >= 0.6 is 0 Å². The molecule has 0 spiro atoms. The fourth-order valence-corrected chi connectivity index (χ4v) is 5.39. The summed E-state index contributed by atoms with van der Waals surface area (Å²) in [5.74, 6) is -0.276. The van der Waals surface area contributed by atoms with E-state index < -0.39 is 23.2 Å². The average Bonchev–Trinajstić information content (AvgIpc) is 3.39. The third-order valence-electron chi connectivity index (χ3n) is 7.31. The van der Waals surface area contributed by atoms with Crippen molar-refractivity contribution in [3.63, 3.8) is 0 Å². The van der Waals surface area contributed by atoms with Crippen LogP contribution in [-0.2, 0) is 18.1 Å². The molecule has 2 aromatic heterocycles. The Labute approximate surface area is 199 Å². The van der Waals surface area contributed by atoms with Crippen LogP contribution in [0.5, 0.6) is 0 Å². The number of rotatable bonds is 7. The van der Waals surface area contributed by atoms with E-state index in [1.54, 1.807) is 35.0 Å². The van der Waals surface area contributed by atoms with Crippen LogP contribution in [0, 0.1) is 11.9 Å². The SMILES string of the molecule is O=c1[nH]c(F)ccc1-c1cccn(CCCCN2CC3C[C@]3(c3ccc(C(F)(F)F)cc3)C2)c1=O. The molecule has 0 bridgehead atoms. The Kier molecular flexibility index (Phi) is 5.91. The van der Waals surface area contributed by atoms with Crippen LogP contribution in [0.25, 0.3) is 11.1 Å². The smallest absolute Gasteiger partial charge is 0.315 e. The summed E-state index contributed by atoms with van der Waals surface area (Å²) in [6, 6.07) is 11.3. The number of aromatic nitrogens is 2. The molecule has 1 N–H and O–H groups in total. The third kappa shape index (κ3) is 4.57. The number of hydrogen-bond acceptors (Lipinski definition) is 3. The first-order valence-electron chi connectivity index (χ1n) is 11.7. The van der Waals surface area contributed by atoms with Crippen molar-refractivity contribution < 1.29 is 17.6 Å². The first kappa shape index (κ1) is 23.5. The van der Waals surface area contributed by atoms with Gasteiger partial charge in [0.15, 0.2) is 5.95 Å². The second kappa shape index (κ2) is 8.78. The van der Waals surface area contributed by atoms with Gasteiger partial charge in [-0.3, -0.25) is 14.6 Å². The maximum atomic E-state index is 13.2. The zero-order chi connectivity index (χ0) is 24.8. The monoisotopic (exact) mass is 487 g/mol. The van der Waals surface area contributed by atoms with Gasteiger partial charge in [-0.05, 0) is 73.7 Å². The van der Waals surface area contributed by atoms with Crippen molar-refractivity contribution in [1.82, 2.24) is 14.5 Å². The standard InChI is InChI=1S/C26H25F4N3O2/c27-22-10-9-20(23(34)31-22)21-4-3-13-33(24(21)35)12-2-1-11-32-15-19-14-25(19,16-32)17-5-7-18(8-6-17)26(28,29)30/h3-10,13,19H,1-2,11-12,14-16H2,(H,31,34)/t19?,25-/m1/s1. The van der Waals surface area contributed by atoms with Crippen LogP contribution in [0.15, 0.2) is 64.3 Å². The maximum absolute atomic E-state index is 13.2. The van der Waals surface area contributed by atoms with Crippen LogP contribution in [0.2, 0.25) is 0 Å². The average molecular weight is 487 g/mol. The highest BCUT2D eigenvalue weighted by Gasteiger charge is 2.60. The second-order valence-corrected chi connectivity index (χ2v) is 9.54. The normalized spacial score (nSPS) is 21.8. The van der Waals surface area contributed by atoms with E-state index in [4.69, 9.17) is 0 Å². The van der Waals surface area contributed by atoms with Crippen LogP contribution in [0.4, 0.5) is 17.6 Å².